The molecule has 37 heavy (non-hydrogen) atoms. The third-order valence-corrected chi connectivity index (χ3v) is 8.05. The summed E-state index contributed by atoms with van der Waals surface area (Å²) in [5, 5.41) is 3.98. The zero-order valence-electron chi connectivity index (χ0n) is 21.5. The molecule has 5 rings (SSSR count). The van der Waals surface area contributed by atoms with Gasteiger partial charge in [0.2, 0.25) is 5.91 Å². The molecule has 3 aliphatic heterocycles. The maximum atomic E-state index is 13.3. The maximum Gasteiger partial charge on any atom is 0.331 e. The van der Waals surface area contributed by atoms with Crippen molar-refractivity contribution in [2.75, 3.05) is 69.3 Å². The lowest BCUT2D eigenvalue weighted by atomic mass is 9.97. The molecule has 3 saturated heterocycles. The molecule has 0 aromatic heterocycles. The van der Waals surface area contributed by atoms with Crippen molar-refractivity contribution < 1.29 is 14.3 Å². The minimum atomic E-state index is -0.340. The van der Waals surface area contributed by atoms with Crippen LogP contribution in [0.3, 0.4) is 0 Å². The number of benzene rings is 2. The molecule has 0 unspecified atom stereocenters. The summed E-state index contributed by atoms with van der Waals surface area (Å²) >= 11 is 6.73. The van der Waals surface area contributed by atoms with E-state index in [0.717, 1.165) is 62.2 Å². The number of ether oxygens (including phenoxy) is 1. The van der Waals surface area contributed by atoms with Crippen molar-refractivity contribution in [3.63, 3.8) is 0 Å². The summed E-state index contributed by atoms with van der Waals surface area (Å²) in [6.45, 7) is 8.05. The molecule has 0 atom stereocenters. The summed E-state index contributed by atoms with van der Waals surface area (Å²) in [6.07, 6.45) is 2.81. The largest absolute Gasteiger partial charge is 0.497 e. The fourth-order valence-electron chi connectivity index (χ4n) is 5.51. The van der Waals surface area contributed by atoms with E-state index in [2.05, 4.69) is 15.1 Å². The van der Waals surface area contributed by atoms with E-state index >= 15 is 0 Å². The minimum Gasteiger partial charge on any atom is -0.497 e. The van der Waals surface area contributed by atoms with Crippen LogP contribution in [-0.4, -0.2) is 81.2 Å². The number of hydrogen-bond donors (Lipinski definition) is 1. The number of piperidine rings is 1. The highest BCUT2D eigenvalue weighted by molar-refractivity contribution is 6.34. The van der Waals surface area contributed by atoms with E-state index in [-0.39, 0.29) is 24.9 Å². The summed E-state index contributed by atoms with van der Waals surface area (Å²) < 4.78 is 5.20. The number of amides is 3. The van der Waals surface area contributed by atoms with Crippen molar-refractivity contribution in [3.8, 4) is 5.75 Å². The Morgan fingerprint density at radius 1 is 0.973 bits per heavy atom. The van der Waals surface area contributed by atoms with E-state index in [4.69, 9.17) is 16.3 Å². The quantitative estimate of drug-likeness (QED) is 0.592. The van der Waals surface area contributed by atoms with Gasteiger partial charge in [-0.1, -0.05) is 23.7 Å². The van der Waals surface area contributed by atoms with Gasteiger partial charge in [0.25, 0.3) is 0 Å². The molecule has 0 saturated carbocycles. The normalized spacial score (nSPS) is 20.0. The van der Waals surface area contributed by atoms with Crippen molar-refractivity contribution in [2.24, 2.45) is 5.92 Å². The number of carbonyl (C=O) groups excluding carboxylic acids is 2. The summed E-state index contributed by atoms with van der Waals surface area (Å²) in [6, 6.07) is 13.0. The van der Waals surface area contributed by atoms with E-state index in [9.17, 15) is 9.59 Å². The second-order valence-corrected chi connectivity index (χ2v) is 10.5. The average molecular weight is 526 g/mol. The highest BCUT2D eigenvalue weighted by Crippen LogP contribution is 2.33. The number of nitrogens with one attached hydrogen (secondary N) is 1. The molecule has 0 radical (unpaired) electrons. The first-order valence-electron chi connectivity index (χ1n) is 13.2. The molecule has 8 nitrogen and oxygen atoms in total. The number of nitrogens with zero attached hydrogens (tertiary/aromatic N) is 4. The standard InChI is InChI=1S/C28H36ClN5O3/c1-37-24-5-2-21(3-6-24)20-34-27(35)10-13-33(28(34)36)26-7-4-23(18-25(26)29)32-16-14-31(15-17-32)19-22-8-11-30-12-9-22/h2-7,18,22,30H,8-17,19-20H2,1H3. The highest BCUT2D eigenvalue weighted by Gasteiger charge is 2.34. The van der Waals surface area contributed by atoms with Crippen molar-refractivity contribution in [1.29, 1.82) is 0 Å². The SMILES string of the molecule is COc1ccc(CN2C(=O)CCN(c3ccc(N4CCN(CC5CCNCC5)CC4)cc3Cl)C2=O)cc1. The molecule has 3 aliphatic rings. The second kappa shape index (κ2) is 11.7. The average Bonchev–Trinajstić information content (AvgIpc) is 2.93. The lowest BCUT2D eigenvalue weighted by molar-refractivity contribution is -0.129. The Balaban J connectivity index is 1.21. The van der Waals surface area contributed by atoms with Gasteiger partial charge in [-0.3, -0.25) is 19.5 Å². The van der Waals surface area contributed by atoms with Gasteiger partial charge in [-0.15, -0.1) is 0 Å². The van der Waals surface area contributed by atoms with Crippen molar-refractivity contribution in [2.45, 2.75) is 25.8 Å². The number of urea groups is 1. The Morgan fingerprint density at radius 3 is 2.38 bits per heavy atom. The fourth-order valence-corrected chi connectivity index (χ4v) is 5.79. The molecule has 2 aromatic carbocycles. The molecule has 0 spiro atoms. The van der Waals surface area contributed by atoms with Crippen LogP contribution in [0.5, 0.6) is 5.75 Å². The van der Waals surface area contributed by atoms with Crippen LogP contribution in [0, 0.1) is 5.92 Å². The van der Waals surface area contributed by atoms with Gasteiger partial charge >= 0.3 is 6.03 Å². The zero-order chi connectivity index (χ0) is 25.8. The second-order valence-electron chi connectivity index (χ2n) is 10.1. The Labute approximate surface area is 224 Å². The maximum absolute atomic E-state index is 13.3. The number of carbonyl (C=O) groups is 2. The Bertz CT molecular complexity index is 1100. The molecule has 3 fully saturated rings. The van der Waals surface area contributed by atoms with Gasteiger partial charge in [-0.2, -0.15) is 0 Å². The highest BCUT2D eigenvalue weighted by atomic mass is 35.5. The van der Waals surface area contributed by atoms with Crippen LogP contribution in [0.2, 0.25) is 5.02 Å². The molecule has 2 aromatic rings. The van der Waals surface area contributed by atoms with Gasteiger partial charge in [-0.05, 0) is 67.7 Å². The van der Waals surface area contributed by atoms with Crippen LogP contribution in [0.1, 0.15) is 24.8 Å². The zero-order valence-corrected chi connectivity index (χ0v) is 22.3. The molecule has 3 heterocycles. The van der Waals surface area contributed by atoms with E-state index < -0.39 is 0 Å². The molecule has 0 aliphatic carbocycles. The number of rotatable bonds is 7. The minimum absolute atomic E-state index is 0.174. The molecule has 9 heteroatoms. The molecule has 1 N–H and O–H groups in total. The van der Waals surface area contributed by atoms with Crippen LogP contribution in [0.25, 0.3) is 0 Å². The van der Waals surface area contributed by atoms with E-state index in [0.29, 0.717) is 17.3 Å². The van der Waals surface area contributed by atoms with Gasteiger partial charge in [-0.25, -0.2) is 4.79 Å². The first-order valence-corrected chi connectivity index (χ1v) is 13.6. The molecule has 198 valence electrons. The summed E-state index contributed by atoms with van der Waals surface area (Å²) in [4.78, 5) is 33.8. The summed E-state index contributed by atoms with van der Waals surface area (Å²) in [5.41, 5.74) is 2.59. The number of halogens is 1. The van der Waals surface area contributed by atoms with Crippen molar-refractivity contribution >= 4 is 34.9 Å². The molecular weight excluding hydrogens is 490 g/mol. The topological polar surface area (TPSA) is 68.4 Å². The smallest absolute Gasteiger partial charge is 0.331 e. The molecular formula is C28H36ClN5O3. The number of piperazine rings is 1. The van der Waals surface area contributed by atoms with Gasteiger partial charge in [0.05, 0.1) is 24.4 Å². The van der Waals surface area contributed by atoms with E-state index in [1.54, 1.807) is 12.0 Å². The lowest BCUT2D eigenvalue weighted by Crippen LogP contribution is -2.52. The number of imide groups is 1. The van der Waals surface area contributed by atoms with Gasteiger partial charge in [0.15, 0.2) is 0 Å². The predicted molar refractivity (Wildman–Crippen MR) is 147 cm³/mol. The van der Waals surface area contributed by atoms with Crippen LogP contribution < -0.4 is 19.9 Å². The Morgan fingerprint density at radius 2 is 1.70 bits per heavy atom. The van der Waals surface area contributed by atoms with Crippen LogP contribution in [-0.2, 0) is 11.3 Å². The van der Waals surface area contributed by atoms with Crippen LogP contribution >= 0.6 is 11.6 Å². The van der Waals surface area contributed by atoms with Crippen molar-refractivity contribution in [1.82, 2.24) is 15.1 Å². The van der Waals surface area contributed by atoms with Gasteiger partial charge in [0.1, 0.15) is 5.75 Å². The third-order valence-electron chi connectivity index (χ3n) is 7.75. The Kier molecular flexibility index (Phi) is 8.17. The van der Waals surface area contributed by atoms with E-state index in [1.807, 2.05) is 42.5 Å². The lowest BCUT2D eigenvalue weighted by Gasteiger charge is -2.39. The first kappa shape index (κ1) is 25.8. The summed E-state index contributed by atoms with van der Waals surface area (Å²) in [7, 11) is 1.61. The van der Waals surface area contributed by atoms with Crippen LogP contribution in [0.4, 0.5) is 16.2 Å². The number of hydrogen-bond acceptors (Lipinski definition) is 6. The number of methoxy groups -OCH3 is 1. The summed E-state index contributed by atoms with van der Waals surface area (Å²) in [5.74, 6) is 1.36. The number of anilines is 2. The van der Waals surface area contributed by atoms with Gasteiger partial charge in [0, 0.05) is 51.4 Å². The first-order chi connectivity index (χ1) is 18.0. The third kappa shape index (κ3) is 6.03. The van der Waals surface area contributed by atoms with Crippen molar-refractivity contribution in [3.05, 3.63) is 53.1 Å². The molecule has 3 amide bonds. The van der Waals surface area contributed by atoms with Gasteiger partial charge < -0.3 is 15.0 Å². The fraction of sp³-hybridized carbons (Fsp3) is 0.500. The van der Waals surface area contributed by atoms with E-state index in [1.165, 1.54) is 24.3 Å². The Hall–Kier alpha value is -2.81. The van der Waals surface area contributed by atoms with Crippen LogP contribution in [0.15, 0.2) is 42.5 Å². The molecule has 0 bridgehead atoms. The monoisotopic (exact) mass is 525 g/mol. The predicted octanol–water partition coefficient (Wildman–Crippen LogP) is 3.83.